The number of hydrogen-bond donors (Lipinski definition) is 4. The SMILES string of the molecule is COc1ccc(C(=O)O)cc1S(=O)(=O)Nc1cccc(NC(=O)Nc2ccc(N(C)C)cc2)c1. The second kappa shape index (κ2) is 10.1. The van der Waals surface area contributed by atoms with E-state index in [2.05, 4.69) is 15.4 Å². The Bertz CT molecular complexity index is 1310. The van der Waals surface area contributed by atoms with E-state index in [0.717, 1.165) is 11.8 Å². The van der Waals surface area contributed by atoms with Gasteiger partial charge in [-0.2, -0.15) is 0 Å². The number of carboxylic acids is 1. The van der Waals surface area contributed by atoms with Gasteiger partial charge in [0.15, 0.2) is 0 Å². The molecule has 3 aromatic carbocycles. The van der Waals surface area contributed by atoms with Gasteiger partial charge in [-0.15, -0.1) is 0 Å². The van der Waals surface area contributed by atoms with Crippen molar-refractivity contribution < 1.29 is 27.9 Å². The van der Waals surface area contributed by atoms with Crippen molar-refractivity contribution in [3.05, 3.63) is 72.3 Å². The Balaban J connectivity index is 1.74. The highest BCUT2D eigenvalue weighted by Crippen LogP contribution is 2.28. The van der Waals surface area contributed by atoms with Crippen LogP contribution in [0.5, 0.6) is 5.75 Å². The summed E-state index contributed by atoms with van der Waals surface area (Å²) in [5.41, 5.74) is 1.87. The Kier molecular flexibility index (Phi) is 7.27. The van der Waals surface area contributed by atoms with Crippen molar-refractivity contribution >= 4 is 44.8 Å². The van der Waals surface area contributed by atoms with Gasteiger partial charge in [-0.1, -0.05) is 6.07 Å². The fourth-order valence-corrected chi connectivity index (χ4v) is 4.27. The first-order valence-electron chi connectivity index (χ1n) is 9.98. The summed E-state index contributed by atoms with van der Waals surface area (Å²) >= 11 is 0. The van der Waals surface area contributed by atoms with E-state index in [4.69, 9.17) is 4.74 Å². The molecule has 0 aliphatic carbocycles. The van der Waals surface area contributed by atoms with Crippen molar-refractivity contribution in [2.75, 3.05) is 41.5 Å². The van der Waals surface area contributed by atoms with E-state index in [1.807, 2.05) is 31.1 Å². The van der Waals surface area contributed by atoms with E-state index in [1.54, 1.807) is 24.3 Å². The molecule has 10 nitrogen and oxygen atoms in total. The monoisotopic (exact) mass is 484 g/mol. The zero-order valence-corrected chi connectivity index (χ0v) is 19.5. The Morgan fingerprint density at radius 1 is 0.882 bits per heavy atom. The maximum Gasteiger partial charge on any atom is 0.335 e. The number of sulfonamides is 1. The molecule has 0 heterocycles. The molecule has 2 amide bonds. The molecule has 11 heteroatoms. The molecule has 0 fully saturated rings. The van der Waals surface area contributed by atoms with Gasteiger partial charge >= 0.3 is 12.0 Å². The molecule has 178 valence electrons. The van der Waals surface area contributed by atoms with Gasteiger partial charge in [0, 0.05) is 31.2 Å². The van der Waals surface area contributed by atoms with Gasteiger partial charge in [0.1, 0.15) is 10.6 Å². The van der Waals surface area contributed by atoms with Gasteiger partial charge in [0.25, 0.3) is 10.0 Å². The molecular weight excluding hydrogens is 460 g/mol. The van der Waals surface area contributed by atoms with Gasteiger partial charge in [-0.25, -0.2) is 18.0 Å². The van der Waals surface area contributed by atoms with Crippen molar-refractivity contribution in [2.45, 2.75) is 4.90 Å². The number of nitrogens with zero attached hydrogens (tertiary/aromatic N) is 1. The van der Waals surface area contributed by atoms with Crippen LogP contribution in [-0.2, 0) is 10.0 Å². The fourth-order valence-electron chi connectivity index (χ4n) is 3.03. The first kappa shape index (κ1) is 24.4. The third kappa shape index (κ3) is 5.95. The Morgan fingerprint density at radius 3 is 2.15 bits per heavy atom. The number of urea groups is 1. The van der Waals surface area contributed by atoms with E-state index in [9.17, 15) is 23.1 Å². The number of carbonyl (C=O) groups excluding carboxylic acids is 1. The number of benzene rings is 3. The van der Waals surface area contributed by atoms with Crippen LogP contribution in [0.15, 0.2) is 71.6 Å². The lowest BCUT2D eigenvalue weighted by Crippen LogP contribution is -2.20. The number of nitrogens with one attached hydrogen (secondary N) is 3. The molecule has 3 aromatic rings. The predicted octanol–water partition coefficient (Wildman–Crippen LogP) is 3.90. The molecule has 4 N–H and O–H groups in total. The van der Waals surface area contributed by atoms with Gasteiger partial charge in [-0.05, 0) is 60.7 Å². The van der Waals surface area contributed by atoms with Crippen LogP contribution in [0, 0.1) is 0 Å². The number of ether oxygens (including phenoxy) is 1. The molecule has 3 rings (SSSR count). The molecule has 0 saturated heterocycles. The van der Waals surface area contributed by atoms with Crippen LogP contribution in [0.4, 0.5) is 27.5 Å². The van der Waals surface area contributed by atoms with Gasteiger partial charge in [0.2, 0.25) is 0 Å². The number of carboxylic acid groups (broad SMARTS) is 1. The number of methoxy groups -OCH3 is 1. The van der Waals surface area contributed by atoms with Crippen LogP contribution in [-0.4, -0.2) is 46.7 Å². The topological polar surface area (TPSA) is 137 Å². The minimum Gasteiger partial charge on any atom is -0.495 e. The van der Waals surface area contributed by atoms with Crippen LogP contribution >= 0.6 is 0 Å². The zero-order valence-electron chi connectivity index (χ0n) is 18.7. The number of carbonyl (C=O) groups is 2. The largest absolute Gasteiger partial charge is 0.495 e. The van der Waals surface area contributed by atoms with Crippen LogP contribution in [0.1, 0.15) is 10.4 Å². The third-order valence-electron chi connectivity index (χ3n) is 4.71. The van der Waals surface area contributed by atoms with E-state index in [-0.39, 0.29) is 21.9 Å². The number of amides is 2. The number of hydrogen-bond acceptors (Lipinski definition) is 6. The van der Waals surface area contributed by atoms with E-state index < -0.39 is 22.0 Å². The Hall–Kier alpha value is -4.25. The summed E-state index contributed by atoms with van der Waals surface area (Å²) in [6.07, 6.45) is 0. The molecule has 0 aliphatic rings. The first-order valence-corrected chi connectivity index (χ1v) is 11.5. The quantitative estimate of drug-likeness (QED) is 0.380. The fraction of sp³-hybridized carbons (Fsp3) is 0.130. The lowest BCUT2D eigenvalue weighted by molar-refractivity contribution is 0.0696. The molecule has 34 heavy (non-hydrogen) atoms. The molecular formula is C23H24N4O6S. The summed E-state index contributed by atoms with van der Waals surface area (Å²) in [5.74, 6) is -1.28. The normalized spacial score (nSPS) is 10.8. The summed E-state index contributed by atoms with van der Waals surface area (Å²) < 4.78 is 33.3. The van der Waals surface area contributed by atoms with Gasteiger partial charge < -0.3 is 25.4 Å². The van der Waals surface area contributed by atoms with Crippen LogP contribution in [0.25, 0.3) is 0 Å². The first-order chi connectivity index (χ1) is 16.1. The highest BCUT2D eigenvalue weighted by molar-refractivity contribution is 7.92. The standard InChI is InChI=1S/C23H24N4O6S/c1-27(2)19-10-8-16(9-11-19)24-23(30)25-17-5-4-6-18(14-17)26-34(31,32)21-13-15(22(28)29)7-12-20(21)33-3/h4-14,26H,1-3H3,(H,28,29)(H2,24,25,30). The van der Waals surface area contributed by atoms with E-state index in [0.29, 0.717) is 11.4 Å². The number of rotatable bonds is 8. The lowest BCUT2D eigenvalue weighted by atomic mass is 10.2. The highest BCUT2D eigenvalue weighted by Gasteiger charge is 2.22. The molecule has 0 atom stereocenters. The smallest absolute Gasteiger partial charge is 0.335 e. The summed E-state index contributed by atoms with van der Waals surface area (Å²) in [7, 11) is 0.920. The van der Waals surface area contributed by atoms with Gasteiger partial charge in [0.05, 0.1) is 18.4 Å². The van der Waals surface area contributed by atoms with Crippen molar-refractivity contribution in [1.82, 2.24) is 0 Å². The molecule has 0 bridgehead atoms. The third-order valence-corrected chi connectivity index (χ3v) is 6.12. The lowest BCUT2D eigenvalue weighted by Gasteiger charge is -2.14. The minimum atomic E-state index is -4.19. The van der Waals surface area contributed by atoms with Crippen molar-refractivity contribution in [1.29, 1.82) is 0 Å². The second-order valence-corrected chi connectivity index (χ2v) is 9.03. The molecule has 0 unspecified atom stereocenters. The maximum absolute atomic E-state index is 12.9. The summed E-state index contributed by atoms with van der Waals surface area (Å²) in [6, 6.07) is 16.3. The summed E-state index contributed by atoms with van der Waals surface area (Å²) in [5, 5.41) is 14.5. The molecule has 0 saturated carbocycles. The number of aromatic carboxylic acids is 1. The second-order valence-electron chi connectivity index (χ2n) is 7.38. The van der Waals surface area contributed by atoms with Crippen LogP contribution < -0.4 is 25.0 Å². The van der Waals surface area contributed by atoms with Crippen molar-refractivity contribution in [2.24, 2.45) is 0 Å². The van der Waals surface area contributed by atoms with Crippen molar-refractivity contribution in [3.8, 4) is 5.75 Å². The van der Waals surface area contributed by atoms with E-state index >= 15 is 0 Å². The zero-order chi connectivity index (χ0) is 24.9. The Morgan fingerprint density at radius 2 is 1.53 bits per heavy atom. The summed E-state index contributed by atoms with van der Waals surface area (Å²) in [4.78, 5) is 25.2. The molecule has 0 aromatic heterocycles. The average molecular weight is 485 g/mol. The number of anilines is 4. The van der Waals surface area contributed by atoms with Crippen LogP contribution in [0.2, 0.25) is 0 Å². The predicted molar refractivity (Wildman–Crippen MR) is 131 cm³/mol. The van der Waals surface area contributed by atoms with E-state index in [1.165, 1.54) is 31.4 Å². The Labute approximate surface area is 197 Å². The van der Waals surface area contributed by atoms with Crippen molar-refractivity contribution in [3.63, 3.8) is 0 Å². The van der Waals surface area contributed by atoms with Crippen LogP contribution in [0.3, 0.4) is 0 Å². The highest BCUT2D eigenvalue weighted by atomic mass is 32.2. The molecule has 0 radical (unpaired) electrons. The molecule has 0 spiro atoms. The maximum atomic E-state index is 12.9. The summed E-state index contributed by atoms with van der Waals surface area (Å²) in [6.45, 7) is 0. The minimum absolute atomic E-state index is 0.00792. The average Bonchev–Trinajstić information content (AvgIpc) is 2.78. The molecule has 0 aliphatic heterocycles. The van der Waals surface area contributed by atoms with Gasteiger partial charge in [-0.3, -0.25) is 4.72 Å².